The summed E-state index contributed by atoms with van der Waals surface area (Å²) >= 11 is 0. The lowest BCUT2D eigenvalue weighted by Crippen LogP contribution is -2.38. The van der Waals surface area contributed by atoms with Crippen molar-refractivity contribution in [2.45, 2.75) is 12.1 Å². The number of hydrogen-bond acceptors (Lipinski definition) is 0. The first-order valence-electron chi connectivity index (χ1n) is 2.80. The maximum atomic E-state index is 11.9. The molecule has 0 atom stereocenters. The minimum Gasteiger partial charge on any atom is -0.279 e. The van der Waals surface area contributed by atoms with Crippen LogP contribution in [0.3, 0.4) is 0 Å². The summed E-state index contributed by atoms with van der Waals surface area (Å²) in [5, 5.41) is 0. The molecule has 0 heterocycles. The smallest absolute Gasteiger partial charge is 0.279 e. The summed E-state index contributed by atoms with van der Waals surface area (Å²) < 4.78 is 103. The van der Waals surface area contributed by atoms with Gasteiger partial charge in [0, 0.05) is 0 Å². The summed E-state index contributed by atoms with van der Waals surface area (Å²) in [7, 11) is -4.36. The van der Waals surface area contributed by atoms with Crippen LogP contribution in [0.15, 0.2) is 11.6 Å². The molecule has 0 saturated carbocycles. The predicted octanol–water partition coefficient (Wildman–Crippen LogP) is 3.30. The zero-order valence-electron chi connectivity index (χ0n) is 5.98. The van der Waals surface area contributed by atoms with E-state index in [1.807, 2.05) is 0 Å². The van der Waals surface area contributed by atoms with E-state index in [2.05, 4.69) is 0 Å². The minimum atomic E-state index is -6.46. The summed E-state index contributed by atoms with van der Waals surface area (Å²) in [4.78, 5) is 0. The molecule has 0 bridgehead atoms. The van der Waals surface area contributed by atoms with Gasteiger partial charge in [-0.15, -0.1) is 0 Å². The number of allylic oxidation sites excluding steroid dienone is 1. The normalized spacial score (nSPS) is 15.2. The van der Waals surface area contributed by atoms with Gasteiger partial charge in [0.1, 0.15) is 0 Å². The van der Waals surface area contributed by atoms with E-state index in [9.17, 15) is 39.4 Å². The van der Waals surface area contributed by atoms with Crippen molar-refractivity contribution in [1.82, 2.24) is 0 Å². The van der Waals surface area contributed by atoms with Crippen molar-refractivity contribution in [2.75, 3.05) is 0 Å². The Morgan fingerprint density at radius 2 is 1.21 bits per heavy atom. The van der Waals surface area contributed by atoms with Crippen LogP contribution < -0.4 is 0 Å². The van der Waals surface area contributed by atoms with Crippen LogP contribution in [0, 0.1) is 0 Å². The molecule has 0 aromatic rings. The maximum absolute atomic E-state index is 11.9. The van der Waals surface area contributed by atoms with E-state index in [1.54, 1.807) is 0 Å². The van der Waals surface area contributed by atoms with Crippen molar-refractivity contribution in [3.8, 4) is 0 Å². The van der Waals surface area contributed by atoms with Gasteiger partial charge in [-0.25, -0.2) is 8.78 Å². The molecule has 0 aromatic carbocycles. The quantitative estimate of drug-likeness (QED) is 0.504. The molecule has 0 N–H and O–H groups in total. The molecule has 0 nitrogen and oxygen atoms in total. The lowest BCUT2D eigenvalue weighted by atomic mass is 9.94. The highest BCUT2D eigenvalue weighted by molar-refractivity contribution is 6.51. The Bertz CT molecular complexity index is 238. The van der Waals surface area contributed by atoms with Crippen LogP contribution in [0.5, 0.6) is 0 Å². The fourth-order valence-corrected chi connectivity index (χ4v) is 0.370. The van der Waals surface area contributed by atoms with E-state index < -0.39 is 30.9 Å². The molecule has 0 amide bonds. The van der Waals surface area contributed by atoms with Crippen LogP contribution in [0.2, 0.25) is 0 Å². The Balaban J connectivity index is 5.22. The molecule has 0 aliphatic carbocycles. The molecule has 0 radical (unpaired) electrons. The molecule has 0 saturated heterocycles. The first-order chi connectivity index (χ1) is 6.01. The molecule has 0 rings (SSSR count). The standard InChI is InChI=1S/C4BF9/c6-1(2(7)5(13)14)3(8,9)4(10,11)12/b2-1-. The third-order valence-corrected chi connectivity index (χ3v) is 1.03. The summed E-state index contributed by atoms with van der Waals surface area (Å²) in [6.07, 6.45) is -6.46. The predicted molar refractivity (Wildman–Crippen MR) is 28.2 cm³/mol. The Kier molecular flexibility index (Phi) is 3.52. The highest BCUT2D eigenvalue weighted by atomic mass is 19.4. The van der Waals surface area contributed by atoms with E-state index in [4.69, 9.17) is 0 Å². The van der Waals surface area contributed by atoms with Gasteiger partial charge in [0.2, 0.25) is 5.83 Å². The molecule has 0 aliphatic heterocycles. The largest absolute Gasteiger partial charge is 0.604 e. The monoisotopic (exact) mass is 230 g/mol. The van der Waals surface area contributed by atoms with Crippen molar-refractivity contribution in [3.05, 3.63) is 11.6 Å². The van der Waals surface area contributed by atoms with Gasteiger partial charge >= 0.3 is 19.4 Å². The van der Waals surface area contributed by atoms with Gasteiger partial charge in [0.25, 0.3) is 0 Å². The minimum absolute atomic E-state index is 3.42. The second-order valence-electron chi connectivity index (χ2n) is 2.03. The van der Waals surface area contributed by atoms with Crippen molar-refractivity contribution in [2.24, 2.45) is 0 Å². The van der Waals surface area contributed by atoms with E-state index in [0.29, 0.717) is 0 Å². The van der Waals surface area contributed by atoms with Gasteiger partial charge in [-0.05, 0) is 0 Å². The zero-order chi connectivity index (χ0) is 11.7. The van der Waals surface area contributed by atoms with Gasteiger partial charge in [0.15, 0.2) is 5.73 Å². The van der Waals surface area contributed by atoms with E-state index in [1.165, 1.54) is 0 Å². The molecule has 82 valence electrons. The highest BCUT2D eigenvalue weighted by Crippen LogP contribution is 2.43. The molecule has 10 heteroatoms. The molecule has 0 spiro atoms. The van der Waals surface area contributed by atoms with Gasteiger partial charge < -0.3 is 0 Å². The van der Waals surface area contributed by atoms with Crippen molar-refractivity contribution in [1.29, 1.82) is 0 Å². The Labute approximate surface area is 71.6 Å². The average Bonchev–Trinajstić information content (AvgIpc) is 1.99. The van der Waals surface area contributed by atoms with Crippen molar-refractivity contribution < 1.29 is 39.4 Å². The van der Waals surface area contributed by atoms with Crippen LogP contribution in [-0.4, -0.2) is 19.4 Å². The third-order valence-electron chi connectivity index (χ3n) is 1.03. The summed E-state index contributed by atoms with van der Waals surface area (Å²) in [6.45, 7) is 0. The van der Waals surface area contributed by atoms with Crippen LogP contribution in [-0.2, 0) is 0 Å². The van der Waals surface area contributed by atoms with Gasteiger partial charge in [0.05, 0.1) is 0 Å². The Morgan fingerprint density at radius 3 is 1.43 bits per heavy atom. The first kappa shape index (κ1) is 13.2. The molecule has 0 unspecified atom stereocenters. The zero-order valence-corrected chi connectivity index (χ0v) is 5.98. The second kappa shape index (κ2) is 3.74. The summed E-state index contributed by atoms with van der Waals surface area (Å²) in [5.74, 6) is -10.1. The lowest BCUT2D eigenvalue weighted by Gasteiger charge is -2.17. The summed E-state index contributed by atoms with van der Waals surface area (Å²) in [6, 6.07) is 0. The van der Waals surface area contributed by atoms with Crippen LogP contribution in [0.25, 0.3) is 0 Å². The van der Waals surface area contributed by atoms with Gasteiger partial charge in [-0.1, -0.05) is 0 Å². The van der Waals surface area contributed by atoms with Crippen LogP contribution >= 0.6 is 0 Å². The highest BCUT2D eigenvalue weighted by Gasteiger charge is 2.63. The average molecular weight is 230 g/mol. The van der Waals surface area contributed by atoms with Crippen molar-refractivity contribution >= 4 is 7.27 Å². The molecular weight excluding hydrogens is 230 g/mol. The Morgan fingerprint density at radius 1 is 0.857 bits per heavy atom. The van der Waals surface area contributed by atoms with E-state index in [-0.39, 0.29) is 0 Å². The SMILES string of the molecule is FB(F)/C(F)=C(/F)C(F)(F)C(F)(F)F. The second-order valence-corrected chi connectivity index (χ2v) is 2.03. The first-order valence-corrected chi connectivity index (χ1v) is 2.80. The van der Waals surface area contributed by atoms with Crippen molar-refractivity contribution in [3.63, 3.8) is 0 Å². The third kappa shape index (κ3) is 2.35. The molecule has 0 fully saturated rings. The number of hydrogen-bond donors (Lipinski definition) is 0. The van der Waals surface area contributed by atoms with Crippen LogP contribution in [0.1, 0.15) is 0 Å². The maximum Gasteiger partial charge on any atom is 0.604 e. The number of alkyl halides is 5. The van der Waals surface area contributed by atoms with E-state index in [0.717, 1.165) is 0 Å². The number of rotatable bonds is 2. The molecule has 0 aliphatic rings. The van der Waals surface area contributed by atoms with Gasteiger partial charge in [-0.2, -0.15) is 22.0 Å². The van der Waals surface area contributed by atoms with Crippen LogP contribution in [0.4, 0.5) is 39.4 Å². The molecule has 14 heavy (non-hydrogen) atoms. The molecule has 0 aromatic heterocycles. The Hall–Kier alpha value is -0.825. The topological polar surface area (TPSA) is 0 Å². The summed E-state index contributed by atoms with van der Waals surface area (Å²) in [5.41, 5.74) is -3.42. The fraction of sp³-hybridized carbons (Fsp3) is 0.500. The number of halogens is 9. The lowest BCUT2D eigenvalue weighted by molar-refractivity contribution is -0.271. The molecular formula is C4BF9. The van der Waals surface area contributed by atoms with Gasteiger partial charge in [-0.3, -0.25) is 8.63 Å². The fourth-order valence-electron chi connectivity index (χ4n) is 0.370. The van der Waals surface area contributed by atoms with E-state index >= 15 is 0 Å².